The van der Waals surface area contributed by atoms with Crippen molar-refractivity contribution in [1.82, 2.24) is 9.88 Å². The van der Waals surface area contributed by atoms with Crippen molar-refractivity contribution >= 4 is 23.2 Å². The number of aromatic nitrogens is 1. The molecule has 1 aliphatic carbocycles. The van der Waals surface area contributed by atoms with Gasteiger partial charge in [0.2, 0.25) is 0 Å². The molecule has 0 unspecified atom stereocenters. The topological polar surface area (TPSA) is 42.2 Å². The molecule has 1 heterocycles. The van der Waals surface area contributed by atoms with E-state index in [4.69, 9.17) is 28.9 Å². The van der Waals surface area contributed by atoms with Gasteiger partial charge in [-0.05, 0) is 51.6 Å². The smallest absolute Gasteiger partial charge is 0.135 e. The number of nitrogens with zero attached hydrogens (tertiary/aromatic N) is 2. The van der Waals surface area contributed by atoms with E-state index >= 15 is 0 Å². The van der Waals surface area contributed by atoms with Crippen molar-refractivity contribution in [3.8, 4) is 0 Å². The molecule has 0 spiro atoms. The Morgan fingerprint density at radius 1 is 1.29 bits per heavy atom. The summed E-state index contributed by atoms with van der Waals surface area (Å²) < 4.78 is 0. The minimum Gasteiger partial charge on any atom is -0.328 e. The van der Waals surface area contributed by atoms with E-state index in [0.717, 1.165) is 61.5 Å². The second-order valence-corrected chi connectivity index (χ2v) is 6.82. The van der Waals surface area contributed by atoms with Gasteiger partial charge in [-0.1, -0.05) is 30.1 Å². The summed E-state index contributed by atoms with van der Waals surface area (Å²) in [6, 6.07) is 2.85. The van der Waals surface area contributed by atoms with Crippen LogP contribution in [-0.2, 0) is 6.54 Å². The lowest BCUT2D eigenvalue weighted by molar-refractivity contribution is 0.142. The Morgan fingerprint density at radius 2 is 1.95 bits per heavy atom. The fraction of sp³-hybridized carbons (Fsp3) is 0.688. The summed E-state index contributed by atoms with van der Waals surface area (Å²) in [7, 11) is 0. The highest BCUT2D eigenvalue weighted by molar-refractivity contribution is 6.35. The summed E-state index contributed by atoms with van der Waals surface area (Å²) in [5.41, 5.74) is 7.83. The summed E-state index contributed by atoms with van der Waals surface area (Å²) in [4.78, 5) is 6.84. The second kappa shape index (κ2) is 7.77. The van der Waals surface area contributed by atoms with Gasteiger partial charge in [0.1, 0.15) is 5.15 Å². The Morgan fingerprint density at radius 3 is 2.52 bits per heavy atom. The van der Waals surface area contributed by atoms with Crippen LogP contribution in [0, 0.1) is 6.92 Å². The molecule has 21 heavy (non-hydrogen) atoms. The Kier molecular flexibility index (Phi) is 6.30. The molecule has 2 N–H and O–H groups in total. The lowest BCUT2D eigenvalue weighted by atomic mass is 9.90. The molecule has 3 nitrogen and oxygen atoms in total. The van der Waals surface area contributed by atoms with Crippen molar-refractivity contribution in [3.05, 3.63) is 27.5 Å². The van der Waals surface area contributed by atoms with E-state index in [-0.39, 0.29) is 0 Å². The maximum absolute atomic E-state index is 6.37. The van der Waals surface area contributed by atoms with Crippen molar-refractivity contribution in [3.63, 3.8) is 0 Å². The largest absolute Gasteiger partial charge is 0.328 e. The van der Waals surface area contributed by atoms with Gasteiger partial charge in [0, 0.05) is 34.9 Å². The van der Waals surface area contributed by atoms with E-state index in [1.807, 2.05) is 13.0 Å². The maximum Gasteiger partial charge on any atom is 0.135 e. The van der Waals surface area contributed by atoms with Gasteiger partial charge in [-0.2, -0.15) is 0 Å². The fourth-order valence-corrected chi connectivity index (χ4v) is 3.76. The molecule has 0 amide bonds. The van der Waals surface area contributed by atoms with Crippen molar-refractivity contribution in [1.29, 1.82) is 0 Å². The highest BCUT2D eigenvalue weighted by Crippen LogP contribution is 2.29. The van der Waals surface area contributed by atoms with Crippen LogP contribution >= 0.6 is 23.2 Å². The van der Waals surface area contributed by atoms with Crippen LogP contribution in [0.15, 0.2) is 6.07 Å². The molecule has 0 aromatic carbocycles. The van der Waals surface area contributed by atoms with Crippen molar-refractivity contribution in [2.45, 2.75) is 64.6 Å². The van der Waals surface area contributed by atoms with Gasteiger partial charge in [-0.25, -0.2) is 4.98 Å². The molecule has 0 bridgehead atoms. The molecule has 1 fully saturated rings. The maximum atomic E-state index is 6.37. The first-order chi connectivity index (χ1) is 10.0. The number of rotatable bonds is 5. The van der Waals surface area contributed by atoms with Gasteiger partial charge in [0.15, 0.2) is 0 Å². The molecule has 2 rings (SSSR count). The van der Waals surface area contributed by atoms with Crippen LogP contribution in [0.3, 0.4) is 0 Å². The van der Waals surface area contributed by atoms with E-state index in [1.54, 1.807) is 0 Å². The minimum absolute atomic E-state index is 0.373. The van der Waals surface area contributed by atoms with E-state index in [2.05, 4.69) is 16.8 Å². The van der Waals surface area contributed by atoms with E-state index in [9.17, 15) is 0 Å². The van der Waals surface area contributed by atoms with Gasteiger partial charge in [0.05, 0.1) is 0 Å². The Bertz CT molecular complexity index is 448. The monoisotopic (exact) mass is 329 g/mol. The molecule has 5 heteroatoms. The molecule has 0 radical (unpaired) electrons. The van der Waals surface area contributed by atoms with Crippen molar-refractivity contribution < 1.29 is 0 Å². The summed E-state index contributed by atoms with van der Waals surface area (Å²) in [6.07, 6.45) is 5.67. The highest BCUT2D eigenvalue weighted by Gasteiger charge is 2.25. The predicted octanol–water partition coefficient (Wildman–Crippen LogP) is 4.18. The second-order valence-electron chi connectivity index (χ2n) is 6.05. The average molecular weight is 330 g/mol. The zero-order chi connectivity index (χ0) is 15.4. The van der Waals surface area contributed by atoms with Crippen LogP contribution in [0.4, 0.5) is 0 Å². The number of pyridine rings is 1. The number of aryl methyl sites for hydroxylation is 1. The van der Waals surface area contributed by atoms with Crippen LogP contribution in [0.1, 0.15) is 50.3 Å². The Balaban J connectivity index is 2.13. The summed E-state index contributed by atoms with van der Waals surface area (Å²) in [5.74, 6) is 0. The standard InChI is InChI=1S/C16H25Cl2N3/c1-3-8-21(13-6-4-12(19)5-7-13)10-14-15(17)9-11(2)20-16(14)18/h9,12-13H,3-8,10,19H2,1-2H3. The zero-order valence-electron chi connectivity index (χ0n) is 12.9. The first-order valence-corrected chi connectivity index (χ1v) is 8.58. The van der Waals surface area contributed by atoms with Crippen molar-refractivity contribution in [2.75, 3.05) is 6.54 Å². The first-order valence-electron chi connectivity index (χ1n) is 7.82. The molecule has 1 aliphatic rings. The van der Waals surface area contributed by atoms with E-state index in [1.165, 1.54) is 0 Å². The van der Waals surface area contributed by atoms with Crippen LogP contribution in [0.5, 0.6) is 0 Å². The molecular weight excluding hydrogens is 305 g/mol. The van der Waals surface area contributed by atoms with E-state index in [0.29, 0.717) is 17.2 Å². The number of nitrogens with two attached hydrogens (primary N) is 1. The molecule has 1 aromatic heterocycles. The molecule has 1 aromatic rings. The Labute approximate surface area is 137 Å². The third-order valence-electron chi connectivity index (χ3n) is 4.28. The van der Waals surface area contributed by atoms with Gasteiger partial charge in [-0.15, -0.1) is 0 Å². The highest BCUT2D eigenvalue weighted by atomic mass is 35.5. The van der Waals surface area contributed by atoms with Gasteiger partial charge in [0.25, 0.3) is 0 Å². The number of halogens is 2. The van der Waals surface area contributed by atoms with Gasteiger partial charge in [-0.3, -0.25) is 4.90 Å². The average Bonchev–Trinajstić information content (AvgIpc) is 2.42. The molecule has 0 aliphatic heterocycles. The molecule has 118 valence electrons. The first kappa shape index (κ1) is 17.0. The summed E-state index contributed by atoms with van der Waals surface area (Å²) in [5, 5.41) is 1.26. The third-order valence-corrected chi connectivity index (χ3v) is 4.93. The quantitative estimate of drug-likeness (QED) is 0.824. The third kappa shape index (κ3) is 4.56. The SMILES string of the molecule is CCCN(Cc1c(Cl)cc(C)nc1Cl)C1CCC(N)CC1. The molecular formula is C16H25Cl2N3. The summed E-state index contributed by atoms with van der Waals surface area (Å²) >= 11 is 12.7. The van der Waals surface area contributed by atoms with E-state index < -0.39 is 0 Å². The van der Waals surface area contributed by atoms with Crippen LogP contribution in [0.25, 0.3) is 0 Å². The lowest BCUT2D eigenvalue weighted by Gasteiger charge is -2.36. The summed E-state index contributed by atoms with van der Waals surface area (Å²) in [6.45, 7) is 5.95. The fourth-order valence-electron chi connectivity index (χ4n) is 3.11. The lowest BCUT2D eigenvalue weighted by Crippen LogP contribution is -2.41. The number of hydrogen-bond donors (Lipinski definition) is 1. The van der Waals surface area contributed by atoms with Crippen molar-refractivity contribution in [2.24, 2.45) is 5.73 Å². The van der Waals surface area contributed by atoms with Gasteiger partial charge >= 0.3 is 0 Å². The Hall–Kier alpha value is -0.350. The number of hydrogen-bond acceptors (Lipinski definition) is 3. The predicted molar refractivity (Wildman–Crippen MR) is 89.9 cm³/mol. The molecule has 1 saturated carbocycles. The van der Waals surface area contributed by atoms with Gasteiger partial charge < -0.3 is 5.73 Å². The normalized spacial score (nSPS) is 22.8. The molecule has 0 saturated heterocycles. The molecule has 0 atom stereocenters. The van der Waals surface area contributed by atoms with Crippen LogP contribution in [0.2, 0.25) is 10.2 Å². The van der Waals surface area contributed by atoms with Crippen LogP contribution in [-0.4, -0.2) is 28.5 Å². The zero-order valence-corrected chi connectivity index (χ0v) is 14.4. The minimum atomic E-state index is 0.373. The van der Waals surface area contributed by atoms with Crippen LogP contribution < -0.4 is 5.73 Å².